The minimum atomic E-state index is 0. The summed E-state index contributed by atoms with van der Waals surface area (Å²) in [5.41, 5.74) is 2.68. The molecule has 0 amide bonds. The molecule has 1 fully saturated rings. The molecule has 3 rings (SSSR count). The molecule has 0 spiro atoms. The zero-order valence-electron chi connectivity index (χ0n) is 10.6. The van der Waals surface area contributed by atoms with Gasteiger partial charge in [-0.1, -0.05) is 0 Å². The van der Waals surface area contributed by atoms with E-state index in [1.54, 1.807) is 7.11 Å². The molecule has 2 aromatic rings. The van der Waals surface area contributed by atoms with Gasteiger partial charge in [-0.05, 0) is 29.7 Å². The van der Waals surface area contributed by atoms with Crippen molar-refractivity contribution in [3.8, 4) is 5.75 Å². The Morgan fingerprint density at radius 2 is 2.06 bits per heavy atom. The quantitative estimate of drug-likeness (QED) is 0.692. The number of aromatic amines is 1. The van der Waals surface area contributed by atoms with Crippen LogP contribution in [0.1, 0.15) is 24.3 Å². The normalized spacial score (nSPS) is 16.5. The van der Waals surface area contributed by atoms with E-state index in [-0.39, 0.29) is 12.4 Å². The fourth-order valence-corrected chi connectivity index (χ4v) is 2.82. The van der Waals surface area contributed by atoms with Crippen LogP contribution in [0.15, 0.2) is 24.4 Å². The number of aromatic nitrogens is 1. The van der Waals surface area contributed by atoms with Gasteiger partial charge in [0.05, 0.1) is 20.2 Å². The second kappa shape index (κ2) is 5.63. The number of nitrogens with one attached hydrogen (secondary N) is 1. The SMILES string of the molecule is COc1ccc2[nH]cc(C3CC[NH2+]CC3)c2c1.[Cl-]. The van der Waals surface area contributed by atoms with Crippen LogP contribution in [0.25, 0.3) is 10.9 Å². The summed E-state index contributed by atoms with van der Waals surface area (Å²) in [6, 6.07) is 6.27. The Hall–Kier alpha value is -1.19. The van der Waals surface area contributed by atoms with Crippen LogP contribution in [0, 0.1) is 0 Å². The smallest absolute Gasteiger partial charge is 0.119 e. The molecule has 0 aliphatic carbocycles. The maximum Gasteiger partial charge on any atom is 0.119 e. The molecule has 0 bridgehead atoms. The Bertz CT molecular complexity index is 517. The van der Waals surface area contributed by atoms with Crippen molar-refractivity contribution >= 4 is 10.9 Å². The lowest BCUT2D eigenvalue weighted by Crippen LogP contribution is -3.00. The lowest BCUT2D eigenvalue weighted by Gasteiger charge is -2.19. The number of benzene rings is 1. The van der Waals surface area contributed by atoms with Crippen molar-refractivity contribution in [2.24, 2.45) is 0 Å². The zero-order valence-corrected chi connectivity index (χ0v) is 11.3. The largest absolute Gasteiger partial charge is 1.00 e. The van der Waals surface area contributed by atoms with Gasteiger partial charge >= 0.3 is 0 Å². The molecule has 3 N–H and O–H groups in total. The highest BCUT2D eigenvalue weighted by Crippen LogP contribution is 2.32. The van der Waals surface area contributed by atoms with Crippen LogP contribution in [0.5, 0.6) is 5.75 Å². The summed E-state index contributed by atoms with van der Waals surface area (Å²) in [5.74, 6) is 1.65. The van der Waals surface area contributed by atoms with Gasteiger partial charge in [-0.3, -0.25) is 0 Å². The van der Waals surface area contributed by atoms with E-state index in [9.17, 15) is 0 Å². The molecule has 0 atom stereocenters. The van der Waals surface area contributed by atoms with Gasteiger partial charge in [0.2, 0.25) is 0 Å². The van der Waals surface area contributed by atoms with Crippen LogP contribution in [0.2, 0.25) is 0 Å². The van der Waals surface area contributed by atoms with Crippen molar-refractivity contribution in [3.05, 3.63) is 30.0 Å². The molecule has 0 saturated carbocycles. The highest BCUT2D eigenvalue weighted by Gasteiger charge is 2.20. The topological polar surface area (TPSA) is 41.6 Å². The molecule has 1 aliphatic rings. The van der Waals surface area contributed by atoms with E-state index in [4.69, 9.17) is 4.74 Å². The van der Waals surface area contributed by atoms with Crippen LogP contribution in [0.4, 0.5) is 0 Å². The van der Waals surface area contributed by atoms with Gasteiger partial charge in [0, 0.05) is 29.9 Å². The van der Waals surface area contributed by atoms with Crippen LogP contribution >= 0.6 is 0 Å². The summed E-state index contributed by atoms with van der Waals surface area (Å²) in [6.07, 6.45) is 4.74. The Balaban J connectivity index is 0.00000120. The van der Waals surface area contributed by atoms with E-state index in [1.165, 1.54) is 42.4 Å². The number of H-pyrrole nitrogens is 1. The molecule has 18 heavy (non-hydrogen) atoms. The standard InChI is InChI=1S/C14H18N2O.ClH/c1-17-11-2-3-14-12(8-11)13(9-16-14)10-4-6-15-7-5-10;/h2-3,8-10,15-16H,4-7H2,1H3;1H. The number of ether oxygens (including phenoxy) is 1. The number of methoxy groups -OCH3 is 1. The molecule has 1 saturated heterocycles. The molecule has 3 nitrogen and oxygen atoms in total. The van der Waals surface area contributed by atoms with Crippen LogP contribution in [0.3, 0.4) is 0 Å². The average Bonchev–Trinajstić information content (AvgIpc) is 2.82. The predicted molar refractivity (Wildman–Crippen MR) is 68.5 cm³/mol. The maximum absolute atomic E-state index is 5.31. The van der Waals surface area contributed by atoms with Gasteiger partial charge in [0.15, 0.2) is 0 Å². The summed E-state index contributed by atoms with van der Waals surface area (Å²) in [7, 11) is 1.73. The second-order valence-electron chi connectivity index (χ2n) is 4.80. The summed E-state index contributed by atoms with van der Waals surface area (Å²) in [6.45, 7) is 2.50. The first-order valence-electron chi connectivity index (χ1n) is 6.35. The number of halogens is 1. The summed E-state index contributed by atoms with van der Waals surface area (Å²) in [4.78, 5) is 3.37. The number of piperidine rings is 1. The Morgan fingerprint density at radius 1 is 1.28 bits per heavy atom. The molecule has 1 aromatic carbocycles. The Labute approximate surface area is 113 Å². The molecular formula is C14H19ClN2O. The number of hydrogen-bond donors (Lipinski definition) is 2. The van der Waals surface area contributed by atoms with E-state index in [1.807, 2.05) is 6.07 Å². The molecule has 1 aliphatic heterocycles. The van der Waals surface area contributed by atoms with Crippen molar-refractivity contribution in [2.75, 3.05) is 20.2 Å². The molecule has 0 unspecified atom stereocenters. The third-order valence-corrected chi connectivity index (χ3v) is 3.80. The monoisotopic (exact) mass is 266 g/mol. The number of quaternary nitrogens is 1. The summed E-state index contributed by atoms with van der Waals surface area (Å²) < 4.78 is 5.31. The summed E-state index contributed by atoms with van der Waals surface area (Å²) in [5, 5.41) is 3.74. The van der Waals surface area contributed by atoms with Crippen molar-refractivity contribution in [1.82, 2.24) is 4.98 Å². The van der Waals surface area contributed by atoms with Crippen molar-refractivity contribution in [3.63, 3.8) is 0 Å². The predicted octanol–water partition coefficient (Wildman–Crippen LogP) is -1.38. The highest BCUT2D eigenvalue weighted by molar-refractivity contribution is 5.85. The van der Waals surface area contributed by atoms with Crippen LogP contribution < -0.4 is 22.5 Å². The zero-order chi connectivity index (χ0) is 11.7. The second-order valence-corrected chi connectivity index (χ2v) is 4.80. The van der Waals surface area contributed by atoms with Gasteiger partial charge in [0.25, 0.3) is 0 Å². The van der Waals surface area contributed by atoms with Gasteiger partial charge in [-0.15, -0.1) is 0 Å². The number of fused-ring (bicyclic) bond motifs is 1. The first-order chi connectivity index (χ1) is 8.38. The fourth-order valence-electron chi connectivity index (χ4n) is 2.82. The molecular weight excluding hydrogens is 248 g/mol. The van der Waals surface area contributed by atoms with Crippen LogP contribution in [-0.4, -0.2) is 25.2 Å². The maximum atomic E-state index is 5.31. The third-order valence-electron chi connectivity index (χ3n) is 3.80. The minimum absolute atomic E-state index is 0. The number of hydrogen-bond acceptors (Lipinski definition) is 1. The lowest BCUT2D eigenvalue weighted by atomic mass is 9.90. The average molecular weight is 267 g/mol. The van der Waals surface area contributed by atoms with Crippen molar-refractivity contribution in [1.29, 1.82) is 0 Å². The first-order valence-corrected chi connectivity index (χ1v) is 6.35. The Kier molecular flexibility index (Phi) is 4.15. The Morgan fingerprint density at radius 3 is 2.78 bits per heavy atom. The first kappa shape index (κ1) is 13.2. The van der Waals surface area contributed by atoms with Crippen LogP contribution in [-0.2, 0) is 0 Å². The third kappa shape index (κ3) is 2.33. The molecule has 2 heterocycles. The highest BCUT2D eigenvalue weighted by atomic mass is 35.5. The van der Waals surface area contributed by atoms with E-state index < -0.39 is 0 Å². The van der Waals surface area contributed by atoms with E-state index in [0.717, 1.165) is 5.75 Å². The van der Waals surface area contributed by atoms with E-state index >= 15 is 0 Å². The minimum Gasteiger partial charge on any atom is -1.00 e. The van der Waals surface area contributed by atoms with Crippen molar-refractivity contribution in [2.45, 2.75) is 18.8 Å². The summed E-state index contributed by atoms with van der Waals surface area (Å²) >= 11 is 0. The van der Waals surface area contributed by atoms with Crippen molar-refractivity contribution < 1.29 is 22.5 Å². The molecule has 0 radical (unpaired) electrons. The molecule has 98 valence electrons. The lowest BCUT2D eigenvalue weighted by molar-refractivity contribution is -0.663. The van der Waals surface area contributed by atoms with Gasteiger partial charge in [-0.25, -0.2) is 0 Å². The number of rotatable bonds is 2. The van der Waals surface area contributed by atoms with E-state index in [0.29, 0.717) is 5.92 Å². The molecule has 1 aromatic heterocycles. The van der Waals surface area contributed by atoms with Gasteiger partial charge in [0.1, 0.15) is 5.75 Å². The molecule has 4 heteroatoms. The van der Waals surface area contributed by atoms with Gasteiger partial charge < -0.3 is 27.4 Å². The van der Waals surface area contributed by atoms with Gasteiger partial charge in [-0.2, -0.15) is 0 Å². The number of nitrogens with two attached hydrogens (primary N) is 1. The van der Waals surface area contributed by atoms with E-state index in [2.05, 4.69) is 28.6 Å². The fraction of sp³-hybridized carbons (Fsp3) is 0.429.